The third kappa shape index (κ3) is 3.57. The summed E-state index contributed by atoms with van der Waals surface area (Å²) in [4.78, 5) is 30.8. The van der Waals surface area contributed by atoms with Crippen LogP contribution in [0.4, 0.5) is 4.79 Å². The van der Waals surface area contributed by atoms with Crippen molar-refractivity contribution in [2.24, 2.45) is 0 Å². The van der Waals surface area contributed by atoms with Crippen LogP contribution in [0.5, 0.6) is 0 Å². The minimum atomic E-state index is -0.403. The Hall–Kier alpha value is -3.67. The highest BCUT2D eigenvalue weighted by atomic mass is 16.2. The van der Waals surface area contributed by atoms with Gasteiger partial charge in [0, 0.05) is 17.6 Å². The predicted octanol–water partition coefficient (Wildman–Crippen LogP) is 3.89. The molecule has 3 aromatic rings. The molecule has 3 amide bonds. The quantitative estimate of drug-likeness (QED) is 0.546. The van der Waals surface area contributed by atoms with Gasteiger partial charge in [0.15, 0.2) is 0 Å². The van der Waals surface area contributed by atoms with Crippen molar-refractivity contribution in [1.82, 2.24) is 19.8 Å². The lowest BCUT2D eigenvalue weighted by Crippen LogP contribution is -2.30. The average Bonchev–Trinajstić information content (AvgIpc) is 3.12. The summed E-state index contributed by atoms with van der Waals surface area (Å²) < 4.78 is 2.04. The third-order valence-electron chi connectivity index (χ3n) is 5.05. The maximum Gasteiger partial charge on any atom is 0.329 e. The minimum Gasteiger partial charge on any atom is -0.303 e. The van der Waals surface area contributed by atoms with E-state index >= 15 is 0 Å². The summed E-state index contributed by atoms with van der Waals surface area (Å²) >= 11 is 0. The highest BCUT2D eigenvalue weighted by Crippen LogP contribution is 2.24. The van der Waals surface area contributed by atoms with Crippen LogP contribution in [0.1, 0.15) is 28.1 Å². The summed E-state index contributed by atoms with van der Waals surface area (Å²) in [7, 11) is 0. The van der Waals surface area contributed by atoms with E-state index in [0.29, 0.717) is 0 Å². The number of rotatable bonds is 4. The maximum absolute atomic E-state index is 12.8. The second-order valence-corrected chi connectivity index (χ2v) is 7.22. The van der Waals surface area contributed by atoms with E-state index in [1.165, 1.54) is 4.90 Å². The number of nitrogens with one attached hydrogen (secondary N) is 1. The third-order valence-corrected chi connectivity index (χ3v) is 5.05. The van der Waals surface area contributed by atoms with Crippen LogP contribution in [0.2, 0.25) is 0 Å². The first-order chi connectivity index (χ1) is 13.9. The van der Waals surface area contributed by atoms with Gasteiger partial charge in [0.05, 0.1) is 6.54 Å². The van der Waals surface area contributed by atoms with Gasteiger partial charge in [-0.25, -0.2) is 9.78 Å². The van der Waals surface area contributed by atoms with Crippen LogP contribution in [-0.4, -0.2) is 26.4 Å². The van der Waals surface area contributed by atoms with Crippen LogP contribution in [0.25, 0.3) is 11.9 Å². The smallest absolute Gasteiger partial charge is 0.303 e. The molecule has 0 saturated carbocycles. The fourth-order valence-electron chi connectivity index (χ4n) is 3.57. The zero-order valence-electron chi connectivity index (χ0n) is 16.6. The van der Waals surface area contributed by atoms with Gasteiger partial charge in [-0.1, -0.05) is 30.3 Å². The first-order valence-corrected chi connectivity index (χ1v) is 9.44. The van der Waals surface area contributed by atoms with Gasteiger partial charge in [-0.2, -0.15) is 0 Å². The molecule has 1 saturated heterocycles. The molecule has 1 fully saturated rings. The molecule has 6 heteroatoms. The number of hydrogen-bond donors (Lipinski definition) is 1. The lowest BCUT2D eigenvalue weighted by atomic mass is 10.2. The van der Waals surface area contributed by atoms with Crippen LogP contribution in [0.3, 0.4) is 0 Å². The number of benzene rings is 1. The molecule has 0 spiro atoms. The number of amides is 3. The van der Waals surface area contributed by atoms with E-state index < -0.39 is 6.03 Å². The molecular formula is C23H22N4O2. The van der Waals surface area contributed by atoms with Gasteiger partial charge in [0.25, 0.3) is 5.91 Å². The number of imide groups is 1. The van der Waals surface area contributed by atoms with Gasteiger partial charge in [-0.3, -0.25) is 9.69 Å². The Labute approximate surface area is 169 Å². The fraction of sp³-hybridized carbons (Fsp3) is 0.174. The topological polar surface area (TPSA) is 67.2 Å². The normalized spacial score (nSPS) is 15.3. The number of hydrogen-bond acceptors (Lipinski definition) is 3. The van der Waals surface area contributed by atoms with Crippen molar-refractivity contribution in [3.05, 3.63) is 88.5 Å². The number of aromatic nitrogens is 2. The predicted molar refractivity (Wildman–Crippen MR) is 111 cm³/mol. The molecule has 0 radical (unpaired) electrons. The van der Waals surface area contributed by atoms with Gasteiger partial charge in [0.2, 0.25) is 0 Å². The van der Waals surface area contributed by atoms with E-state index in [-0.39, 0.29) is 18.1 Å². The van der Waals surface area contributed by atoms with Crippen LogP contribution < -0.4 is 5.32 Å². The van der Waals surface area contributed by atoms with Gasteiger partial charge in [-0.05, 0) is 61.7 Å². The molecule has 6 nitrogen and oxygen atoms in total. The molecular weight excluding hydrogens is 364 g/mol. The van der Waals surface area contributed by atoms with E-state index in [9.17, 15) is 9.59 Å². The Morgan fingerprint density at radius 1 is 1.03 bits per heavy atom. The summed E-state index contributed by atoms with van der Waals surface area (Å²) in [6, 6.07) is 15.0. The fourth-order valence-corrected chi connectivity index (χ4v) is 3.57. The minimum absolute atomic E-state index is 0.245. The summed E-state index contributed by atoms with van der Waals surface area (Å²) in [6.45, 7) is 6.24. The Balaban J connectivity index is 1.64. The summed E-state index contributed by atoms with van der Waals surface area (Å²) in [5.41, 5.74) is 5.14. The van der Waals surface area contributed by atoms with Crippen LogP contribution in [-0.2, 0) is 11.3 Å². The Morgan fingerprint density at radius 2 is 1.79 bits per heavy atom. The summed E-state index contributed by atoms with van der Waals surface area (Å²) in [5, 5.41) is 2.70. The van der Waals surface area contributed by atoms with Gasteiger partial charge >= 0.3 is 6.03 Å². The van der Waals surface area contributed by atoms with Crippen LogP contribution in [0, 0.1) is 20.8 Å². The lowest BCUT2D eigenvalue weighted by Gasteiger charge is -2.11. The zero-order chi connectivity index (χ0) is 20.5. The van der Waals surface area contributed by atoms with E-state index in [1.807, 2.05) is 73.9 Å². The van der Waals surface area contributed by atoms with Crippen LogP contribution in [0.15, 0.2) is 60.4 Å². The van der Waals surface area contributed by atoms with Crippen molar-refractivity contribution in [2.45, 2.75) is 27.3 Å². The Morgan fingerprint density at radius 3 is 2.52 bits per heavy atom. The molecule has 146 valence electrons. The number of nitrogens with zero attached hydrogens (tertiary/aromatic N) is 3. The van der Waals surface area contributed by atoms with Crippen molar-refractivity contribution in [1.29, 1.82) is 0 Å². The highest BCUT2D eigenvalue weighted by molar-refractivity contribution is 6.13. The second-order valence-electron chi connectivity index (χ2n) is 7.22. The zero-order valence-corrected chi connectivity index (χ0v) is 16.6. The van der Waals surface area contributed by atoms with Crippen molar-refractivity contribution in [3.63, 3.8) is 0 Å². The van der Waals surface area contributed by atoms with Crippen molar-refractivity contribution < 1.29 is 9.59 Å². The lowest BCUT2D eigenvalue weighted by molar-refractivity contribution is -0.123. The molecule has 0 atom stereocenters. The molecule has 4 rings (SSSR count). The van der Waals surface area contributed by atoms with Gasteiger partial charge in [-0.15, -0.1) is 0 Å². The molecule has 0 bridgehead atoms. The standard InChI is InChI=1S/C23H22N4O2/c1-15-9-10-24-21(11-15)27-16(2)12-19(17(27)3)13-20-22(28)26(23(29)25-20)14-18-7-5-4-6-8-18/h4-13H,14H2,1-3H3,(H,25,29). The first-order valence-electron chi connectivity index (χ1n) is 9.44. The van der Waals surface area contributed by atoms with Crippen molar-refractivity contribution in [3.8, 4) is 5.82 Å². The van der Waals surface area contributed by atoms with Crippen LogP contribution >= 0.6 is 0 Å². The number of urea groups is 1. The van der Waals surface area contributed by atoms with Crippen molar-refractivity contribution >= 4 is 18.0 Å². The molecule has 1 N–H and O–H groups in total. The second kappa shape index (κ2) is 7.39. The average molecular weight is 386 g/mol. The van der Waals surface area contributed by atoms with Gasteiger partial charge < -0.3 is 9.88 Å². The molecule has 2 aromatic heterocycles. The molecule has 1 aromatic carbocycles. The molecule has 1 aliphatic heterocycles. The van der Waals surface area contributed by atoms with E-state index in [2.05, 4.69) is 10.3 Å². The number of carbonyl (C=O) groups excluding carboxylic acids is 2. The van der Waals surface area contributed by atoms with E-state index in [0.717, 1.165) is 33.9 Å². The summed E-state index contributed by atoms with van der Waals surface area (Å²) in [5.74, 6) is 0.509. The largest absolute Gasteiger partial charge is 0.329 e. The van der Waals surface area contributed by atoms with Crippen molar-refractivity contribution in [2.75, 3.05) is 0 Å². The summed E-state index contributed by atoms with van der Waals surface area (Å²) in [6.07, 6.45) is 3.52. The highest BCUT2D eigenvalue weighted by Gasteiger charge is 2.33. The molecule has 3 heterocycles. The monoisotopic (exact) mass is 386 g/mol. The molecule has 0 aliphatic carbocycles. The SMILES string of the molecule is Cc1ccnc(-n2c(C)cc(C=C3NC(=O)N(Cc4ccccc4)C3=O)c2C)c1. The molecule has 0 unspecified atom stereocenters. The first kappa shape index (κ1) is 18.7. The maximum atomic E-state index is 12.8. The number of carbonyl (C=O) groups is 2. The molecule has 29 heavy (non-hydrogen) atoms. The van der Waals surface area contributed by atoms with Gasteiger partial charge in [0.1, 0.15) is 11.5 Å². The van der Waals surface area contributed by atoms with E-state index in [1.54, 1.807) is 12.3 Å². The molecule has 1 aliphatic rings. The Bertz CT molecular complexity index is 1130. The Kier molecular flexibility index (Phi) is 4.76. The number of aryl methyl sites for hydroxylation is 2. The number of pyridine rings is 1. The van der Waals surface area contributed by atoms with E-state index in [4.69, 9.17) is 0 Å².